The summed E-state index contributed by atoms with van der Waals surface area (Å²) < 4.78 is 36.5. The molecule has 1 aromatic rings. The van der Waals surface area contributed by atoms with E-state index in [0.717, 1.165) is 12.5 Å². The van der Waals surface area contributed by atoms with E-state index >= 15 is 0 Å². The molecule has 0 aromatic heterocycles. The first kappa shape index (κ1) is 16.9. The molecule has 0 aliphatic rings. The van der Waals surface area contributed by atoms with Crippen molar-refractivity contribution in [1.82, 2.24) is 0 Å². The SMILES string of the molecule is CC(C)CN(CCCN)c1ccc(S(N)(=O)=O)cc1F. The maximum atomic E-state index is 14.1. The van der Waals surface area contributed by atoms with E-state index in [2.05, 4.69) is 0 Å². The quantitative estimate of drug-likeness (QED) is 0.794. The van der Waals surface area contributed by atoms with Gasteiger partial charge in [0.15, 0.2) is 0 Å². The van der Waals surface area contributed by atoms with Crippen LogP contribution in [-0.2, 0) is 10.0 Å². The molecule has 0 saturated carbocycles. The molecule has 0 bridgehead atoms. The molecule has 0 unspecified atom stereocenters. The van der Waals surface area contributed by atoms with Crippen molar-refractivity contribution < 1.29 is 12.8 Å². The van der Waals surface area contributed by atoms with Gasteiger partial charge in [0.1, 0.15) is 5.82 Å². The van der Waals surface area contributed by atoms with Gasteiger partial charge < -0.3 is 10.6 Å². The summed E-state index contributed by atoms with van der Waals surface area (Å²) >= 11 is 0. The number of rotatable bonds is 7. The Kier molecular flexibility index (Phi) is 5.91. The highest BCUT2D eigenvalue weighted by Crippen LogP contribution is 2.23. The van der Waals surface area contributed by atoms with Crippen LogP contribution in [0.2, 0.25) is 0 Å². The molecule has 5 nitrogen and oxygen atoms in total. The highest BCUT2D eigenvalue weighted by atomic mass is 32.2. The molecule has 0 aliphatic carbocycles. The van der Waals surface area contributed by atoms with Crippen molar-refractivity contribution in [3.05, 3.63) is 24.0 Å². The first-order chi connectivity index (χ1) is 9.25. The highest BCUT2D eigenvalue weighted by molar-refractivity contribution is 7.89. The van der Waals surface area contributed by atoms with E-state index in [1.165, 1.54) is 12.1 Å². The summed E-state index contributed by atoms with van der Waals surface area (Å²) in [6.45, 7) is 5.88. The Labute approximate surface area is 119 Å². The maximum Gasteiger partial charge on any atom is 0.238 e. The normalized spacial score (nSPS) is 11.9. The predicted octanol–water partition coefficient (Wildman–Crippen LogP) is 1.28. The van der Waals surface area contributed by atoms with Gasteiger partial charge in [0.2, 0.25) is 10.0 Å². The molecule has 20 heavy (non-hydrogen) atoms. The van der Waals surface area contributed by atoms with Crippen LogP contribution in [0.1, 0.15) is 20.3 Å². The molecule has 0 aliphatic heterocycles. The third-order valence-electron chi connectivity index (χ3n) is 2.81. The van der Waals surface area contributed by atoms with E-state index in [1.54, 1.807) is 0 Å². The third kappa shape index (κ3) is 4.73. The van der Waals surface area contributed by atoms with Crippen LogP contribution in [0, 0.1) is 11.7 Å². The molecule has 1 aromatic carbocycles. The van der Waals surface area contributed by atoms with Crippen molar-refractivity contribution in [2.24, 2.45) is 16.8 Å². The van der Waals surface area contributed by atoms with Gasteiger partial charge in [0.25, 0.3) is 0 Å². The van der Waals surface area contributed by atoms with Crippen molar-refractivity contribution in [2.45, 2.75) is 25.2 Å². The first-order valence-electron chi connectivity index (χ1n) is 6.53. The van der Waals surface area contributed by atoms with E-state index in [0.29, 0.717) is 31.2 Å². The summed E-state index contributed by atoms with van der Waals surface area (Å²) in [7, 11) is -3.89. The van der Waals surface area contributed by atoms with Crippen LogP contribution in [-0.4, -0.2) is 28.1 Å². The van der Waals surface area contributed by atoms with Crippen molar-refractivity contribution in [2.75, 3.05) is 24.5 Å². The van der Waals surface area contributed by atoms with Crippen molar-refractivity contribution >= 4 is 15.7 Å². The van der Waals surface area contributed by atoms with Crippen molar-refractivity contribution in [3.8, 4) is 0 Å². The number of nitrogens with zero attached hydrogens (tertiary/aromatic N) is 1. The van der Waals surface area contributed by atoms with E-state index < -0.39 is 15.8 Å². The Morgan fingerprint density at radius 1 is 1.35 bits per heavy atom. The summed E-state index contributed by atoms with van der Waals surface area (Å²) in [4.78, 5) is 1.65. The van der Waals surface area contributed by atoms with Gasteiger partial charge >= 0.3 is 0 Å². The second-order valence-electron chi connectivity index (χ2n) is 5.14. The number of nitrogens with two attached hydrogens (primary N) is 2. The lowest BCUT2D eigenvalue weighted by Gasteiger charge is -2.27. The van der Waals surface area contributed by atoms with Gasteiger partial charge in [-0.1, -0.05) is 13.8 Å². The molecule has 4 N–H and O–H groups in total. The molecule has 1 rings (SSSR count). The minimum absolute atomic E-state index is 0.220. The van der Waals surface area contributed by atoms with E-state index in [-0.39, 0.29) is 4.90 Å². The van der Waals surface area contributed by atoms with Crippen LogP contribution in [0.3, 0.4) is 0 Å². The average molecular weight is 303 g/mol. The molecule has 7 heteroatoms. The smallest absolute Gasteiger partial charge is 0.238 e. The number of benzene rings is 1. The van der Waals surface area contributed by atoms with Gasteiger partial charge in [-0.05, 0) is 37.1 Å². The zero-order chi connectivity index (χ0) is 15.3. The number of halogens is 1. The molecule has 0 atom stereocenters. The van der Waals surface area contributed by atoms with Crippen LogP contribution in [0.4, 0.5) is 10.1 Å². The molecule has 0 heterocycles. The molecular formula is C13H22FN3O2S. The van der Waals surface area contributed by atoms with Crippen LogP contribution in [0.15, 0.2) is 23.1 Å². The fraction of sp³-hybridized carbons (Fsp3) is 0.538. The van der Waals surface area contributed by atoms with E-state index in [1.807, 2.05) is 18.7 Å². The lowest BCUT2D eigenvalue weighted by atomic mass is 10.1. The molecule has 0 spiro atoms. The fourth-order valence-electron chi connectivity index (χ4n) is 1.95. The zero-order valence-electron chi connectivity index (χ0n) is 11.8. The second-order valence-corrected chi connectivity index (χ2v) is 6.70. The molecule has 0 radical (unpaired) electrons. The van der Waals surface area contributed by atoms with Crippen LogP contribution >= 0.6 is 0 Å². The van der Waals surface area contributed by atoms with E-state index in [4.69, 9.17) is 10.9 Å². The van der Waals surface area contributed by atoms with Gasteiger partial charge in [0.05, 0.1) is 10.6 Å². The van der Waals surface area contributed by atoms with Gasteiger partial charge in [-0.3, -0.25) is 0 Å². The molecule has 0 saturated heterocycles. The molecule has 0 fully saturated rings. The number of hydrogen-bond donors (Lipinski definition) is 2. The van der Waals surface area contributed by atoms with Crippen LogP contribution < -0.4 is 15.8 Å². The van der Waals surface area contributed by atoms with Crippen molar-refractivity contribution in [3.63, 3.8) is 0 Å². The van der Waals surface area contributed by atoms with Crippen LogP contribution in [0.25, 0.3) is 0 Å². The second kappa shape index (κ2) is 7.01. The van der Waals surface area contributed by atoms with Gasteiger partial charge in [-0.15, -0.1) is 0 Å². The van der Waals surface area contributed by atoms with Gasteiger partial charge in [0, 0.05) is 13.1 Å². The summed E-state index contributed by atoms with van der Waals surface area (Å²) in [5.74, 6) is -0.237. The highest BCUT2D eigenvalue weighted by Gasteiger charge is 2.16. The summed E-state index contributed by atoms with van der Waals surface area (Å²) in [6.07, 6.45) is 0.739. The Morgan fingerprint density at radius 2 is 2.00 bits per heavy atom. The average Bonchev–Trinajstić information content (AvgIpc) is 2.33. The van der Waals surface area contributed by atoms with Crippen LogP contribution in [0.5, 0.6) is 0 Å². The Morgan fingerprint density at radius 3 is 2.45 bits per heavy atom. The number of primary sulfonamides is 1. The van der Waals surface area contributed by atoms with Gasteiger partial charge in [-0.25, -0.2) is 17.9 Å². The number of anilines is 1. The lowest BCUT2D eigenvalue weighted by molar-refractivity contribution is 0.569. The monoisotopic (exact) mass is 303 g/mol. The minimum atomic E-state index is -3.89. The summed E-state index contributed by atoms with van der Waals surface area (Å²) in [5.41, 5.74) is 5.86. The zero-order valence-corrected chi connectivity index (χ0v) is 12.7. The number of hydrogen-bond acceptors (Lipinski definition) is 4. The predicted molar refractivity (Wildman–Crippen MR) is 78.5 cm³/mol. The fourth-order valence-corrected chi connectivity index (χ4v) is 2.48. The summed E-state index contributed by atoms with van der Waals surface area (Å²) in [5, 5.41) is 4.99. The minimum Gasteiger partial charge on any atom is -0.369 e. The summed E-state index contributed by atoms with van der Waals surface area (Å²) in [6, 6.07) is 3.73. The van der Waals surface area contributed by atoms with E-state index in [9.17, 15) is 12.8 Å². The Hall–Kier alpha value is -1.18. The Balaban J connectivity index is 3.07. The molecular weight excluding hydrogens is 281 g/mol. The molecule has 114 valence electrons. The third-order valence-corrected chi connectivity index (χ3v) is 3.72. The number of sulfonamides is 1. The van der Waals surface area contributed by atoms with Gasteiger partial charge in [-0.2, -0.15) is 0 Å². The largest absolute Gasteiger partial charge is 0.369 e. The van der Waals surface area contributed by atoms with Crippen molar-refractivity contribution in [1.29, 1.82) is 0 Å². The Bertz CT molecular complexity index is 547. The first-order valence-corrected chi connectivity index (χ1v) is 8.07. The standard InChI is InChI=1S/C13H22FN3O2S/c1-10(2)9-17(7-3-6-15)13-5-4-11(8-12(13)14)20(16,18)19/h4-5,8,10H,3,6-7,9,15H2,1-2H3,(H2,16,18,19). The maximum absolute atomic E-state index is 14.1. The lowest BCUT2D eigenvalue weighted by Crippen LogP contribution is -2.30. The molecule has 0 amide bonds. The topological polar surface area (TPSA) is 89.4 Å².